The van der Waals surface area contributed by atoms with Crippen LogP contribution >= 0.6 is 0 Å². The fourth-order valence-corrected chi connectivity index (χ4v) is 2.20. The number of aromatic nitrogens is 2. The van der Waals surface area contributed by atoms with Crippen molar-refractivity contribution in [1.29, 1.82) is 0 Å². The third-order valence-electron chi connectivity index (χ3n) is 3.71. The zero-order chi connectivity index (χ0) is 13.3. The lowest BCUT2D eigenvalue weighted by Gasteiger charge is -2.01. The van der Waals surface area contributed by atoms with E-state index in [4.69, 9.17) is 0 Å². The summed E-state index contributed by atoms with van der Waals surface area (Å²) in [5, 5.41) is 0. The van der Waals surface area contributed by atoms with E-state index in [0.29, 0.717) is 6.54 Å². The Hall–Kier alpha value is -1.61. The summed E-state index contributed by atoms with van der Waals surface area (Å²) in [5.41, 5.74) is 3.12. The minimum absolute atomic E-state index is 0. The number of imidazole rings is 1. The van der Waals surface area contributed by atoms with Gasteiger partial charge in [-0.15, -0.1) is 0 Å². The Kier molecular flexibility index (Phi) is 4.90. The maximum absolute atomic E-state index is 12.2. The second-order valence-electron chi connectivity index (χ2n) is 4.65. The number of carbonyl (C=O) groups excluding carboxylic acids is 1. The molecular weight excluding hydrogens is 260 g/mol. The molecule has 0 atom stereocenters. The zero-order valence-corrected chi connectivity index (χ0v) is 12.5. The predicted molar refractivity (Wildman–Crippen MR) is 70.6 cm³/mol. The highest BCUT2D eigenvalue weighted by Crippen LogP contribution is 2.09. The highest BCUT2D eigenvalue weighted by molar-refractivity contribution is 5.95. The topological polar surface area (TPSA) is 25.9 Å². The van der Waals surface area contributed by atoms with E-state index in [9.17, 15) is 4.79 Å². The van der Waals surface area contributed by atoms with E-state index in [1.54, 1.807) is 0 Å². The lowest BCUT2D eigenvalue weighted by molar-refractivity contribution is -0.683. The van der Waals surface area contributed by atoms with Crippen molar-refractivity contribution >= 4 is 5.78 Å². The van der Waals surface area contributed by atoms with Gasteiger partial charge in [-0.25, -0.2) is 9.13 Å². The van der Waals surface area contributed by atoms with Crippen molar-refractivity contribution in [1.82, 2.24) is 4.57 Å². The molecule has 1 aromatic carbocycles. The predicted octanol–water partition coefficient (Wildman–Crippen LogP) is -0.875. The number of carbonyl (C=O) groups is 1. The van der Waals surface area contributed by atoms with Crippen LogP contribution in [0.25, 0.3) is 0 Å². The summed E-state index contributed by atoms with van der Waals surface area (Å²) < 4.78 is 4.19. The van der Waals surface area contributed by atoms with Crippen LogP contribution in [0.3, 0.4) is 0 Å². The molecule has 2 aromatic rings. The van der Waals surface area contributed by atoms with Crippen LogP contribution in [0.2, 0.25) is 0 Å². The fourth-order valence-electron chi connectivity index (χ4n) is 2.20. The third-order valence-corrected chi connectivity index (χ3v) is 3.71. The zero-order valence-electron chi connectivity index (χ0n) is 11.8. The number of nitrogens with zero attached hydrogens (tertiary/aromatic N) is 2. The molecule has 4 heteroatoms. The summed E-state index contributed by atoms with van der Waals surface area (Å²) >= 11 is 0. The highest BCUT2D eigenvalue weighted by atomic mass is 35.5. The van der Waals surface area contributed by atoms with Gasteiger partial charge in [0.2, 0.25) is 5.78 Å². The largest absolute Gasteiger partial charge is 1.00 e. The Morgan fingerprint density at radius 1 is 1.16 bits per heavy atom. The number of benzene rings is 1. The van der Waals surface area contributed by atoms with Crippen molar-refractivity contribution in [3.63, 3.8) is 0 Å². The van der Waals surface area contributed by atoms with Gasteiger partial charge in [-0.05, 0) is 0 Å². The van der Waals surface area contributed by atoms with Gasteiger partial charge in [0.05, 0.1) is 7.05 Å². The summed E-state index contributed by atoms with van der Waals surface area (Å²) in [5.74, 6) is 1.26. The second kappa shape index (κ2) is 6.02. The lowest BCUT2D eigenvalue weighted by Crippen LogP contribution is -3.00. The standard InChI is InChI=1S/C15H19N2O.ClH/c1-11-12(2)17(13(3)16(11)4)10-15(18)14-8-6-5-7-9-14;/h5-9H,10H2,1-4H3;1H/q+1;/p-1. The molecule has 2 rings (SSSR count). The van der Waals surface area contributed by atoms with E-state index in [1.807, 2.05) is 44.3 Å². The van der Waals surface area contributed by atoms with Gasteiger partial charge < -0.3 is 12.4 Å². The molecule has 0 unspecified atom stereocenters. The van der Waals surface area contributed by atoms with E-state index in [-0.39, 0.29) is 18.2 Å². The van der Waals surface area contributed by atoms with Crippen molar-refractivity contribution in [3.8, 4) is 0 Å². The number of hydrogen-bond donors (Lipinski definition) is 0. The average molecular weight is 279 g/mol. The van der Waals surface area contributed by atoms with Gasteiger partial charge in [0.25, 0.3) is 5.82 Å². The van der Waals surface area contributed by atoms with E-state index < -0.39 is 0 Å². The van der Waals surface area contributed by atoms with E-state index in [0.717, 1.165) is 17.1 Å². The van der Waals surface area contributed by atoms with Gasteiger partial charge in [0.1, 0.15) is 11.4 Å². The number of rotatable bonds is 3. The molecule has 0 fully saturated rings. The molecule has 19 heavy (non-hydrogen) atoms. The van der Waals surface area contributed by atoms with Gasteiger partial charge in [-0.3, -0.25) is 4.79 Å². The Balaban J connectivity index is 0.00000180. The van der Waals surface area contributed by atoms with Crippen LogP contribution in [0.15, 0.2) is 30.3 Å². The molecular formula is C15H19ClN2O. The molecule has 0 saturated carbocycles. The molecule has 3 nitrogen and oxygen atoms in total. The van der Waals surface area contributed by atoms with Crippen LogP contribution in [-0.4, -0.2) is 10.4 Å². The van der Waals surface area contributed by atoms with Gasteiger partial charge in [0, 0.05) is 26.3 Å². The average Bonchev–Trinajstić information content (AvgIpc) is 2.57. The molecule has 0 radical (unpaired) electrons. The number of ketones is 1. The fraction of sp³-hybridized carbons (Fsp3) is 0.333. The number of halogens is 1. The molecule has 0 saturated heterocycles. The first-order valence-corrected chi connectivity index (χ1v) is 6.13. The Morgan fingerprint density at radius 2 is 1.74 bits per heavy atom. The van der Waals surface area contributed by atoms with Crippen LogP contribution < -0.4 is 17.0 Å². The quantitative estimate of drug-likeness (QED) is 0.529. The Labute approximate surface area is 120 Å². The molecule has 0 spiro atoms. The van der Waals surface area contributed by atoms with E-state index in [1.165, 1.54) is 5.69 Å². The first kappa shape index (κ1) is 15.4. The molecule has 0 aliphatic carbocycles. The maximum atomic E-state index is 12.2. The first-order chi connectivity index (χ1) is 8.52. The minimum atomic E-state index is 0. The van der Waals surface area contributed by atoms with Crippen molar-refractivity contribution in [2.75, 3.05) is 0 Å². The van der Waals surface area contributed by atoms with Crippen molar-refractivity contribution in [3.05, 3.63) is 53.1 Å². The van der Waals surface area contributed by atoms with Crippen molar-refractivity contribution in [2.24, 2.45) is 7.05 Å². The number of hydrogen-bond acceptors (Lipinski definition) is 1. The SMILES string of the molecule is Cc1c(C)[n+](C)c(C)n1CC(=O)c1ccccc1.[Cl-]. The van der Waals surface area contributed by atoms with E-state index in [2.05, 4.69) is 23.0 Å². The molecule has 102 valence electrons. The minimum Gasteiger partial charge on any atom is -1.00 e. The molecule has 0 aliphatic heterocycles. The summed E-state index contributed by atoms with van der Waals surface area (Å²) in [4.78, 5) is 12.2. The smallest absolute Gasteiger partial charge is 0.253 e. The van der Waals surface area contributed by atoms with Crippen molar-refractivity contribution in [2.45, 2.75) is 27.3 Å². The monoisotopic (exact) mass is 278 g/mol. The van der Waals surface area contributed by atoms with Gasteiger partial charge in [-0.2, -0.15) is 0 Å². The van der Waals surface area contributed by atoms with Crippen LogP contribution in [0.1, 0.15) is 27.6 Å². The molecule has 1 aromatic heterocycles. The third kappa shape index (κ3) is 2.87. The Morgan fingerprint density at radius 3 is 2.21 bits per heavy atom. The van der Waals surface area contributed by atoms with Crippen LogP contribution in [0, 0.1) is 20.8 Å². The second-order valence-corrected chi connectivity index (χ2v) is 4.65. The van der Waals surface area contributed by atoms with E-state index >= 15 is 0 Å². The van der Waals surface area contributed by atoms with Crippen LogP contribution in [-0.2, 0) is 13.6 Å². The van der Waals surface area contributed by atoms with Crippen LogP contribution in [0.4, 0.5) is 0 Å². The normalized spacial score (nSPS) is 10.1. The molecule has 0 N–H and O–H groups in total. The summed E-state index contributed by atoms with van der Waals surface area (Å²) in [7, 11) is 2.03. The number of Topliss-reactive ketones (excluding diaryl/α,β-unsaturated/α-hetero) is 1. The maximum Gasteiger partial charge on any atom is 0.253 e. The van der Waals surface area contributed by atoms with Gasteiger partial charge in [-0.1, -0.05) is 30.3 Å². The summed E-state index contributed by atoms with van der Waals surface area (Å²) in [6.45, 7) is 6.58. The highest BCUT2D eigenvalue weighted by Gasteiger charge is 2.21. The molecule has 1 heterocycles. The lowest BCUT2D eigenvalue weighted by atomic mass is 10.1. The Bertz CT molecular complexity index is 562. The molecule has 0 bridgehead atoms. The van der Waals surface area contributed by atoms with Crippen molar-refractivity contribution < 1.29 is 21.8 Å². The molecule has 0 aliphatic rings. The summed E-state index contributed by atoms with van der Waals surface area (Å²) in [6, 6.07) is 9.45. The first-order valence-electron chi connectivity index (χ1n) is 6.13. The van der Waals surface area contributed by atoms with Gasteiger partial charge >= 0.3 is 0 Å². The molecule has 0 amide bonds. The van der Waals surface area contributed by atoms with Gasteiger partial charge in [0.15, 0.2) is 6.54 Å². The summed E-state index contributed by atoms with van der Waals surface area (Å²) in [6.07, 6.45) is 0. The van der Waals surface area contributed by atoms with Crippen LogP contribution in [0.5, 0.6) is 0 Å².